The van der Waals surface area contributed by atoms with E-state index in [-0.39, 0.29) is 0 Å². The van der Waals surface area contributed by atoms with E-state index in [0.717, 1.165) is 34.2 Å². The number of aryl methyl sites for hydroxylation is 1. The van der Waals surface area contributed by atoms with E-state index in [0.29, 0.717) is 18.3 Å². The first kappa shape index (κ1) is 15.4. The highest BCUT2D eigenvalue weighted by atomic mass is 16.5. The largest absolute Gasteiger partial charge is 0.478 e. The lowest BCUT2D eigenvalue weighted by Gasteiger charge is -2.08. The Morgan fingerprint density at radius 3 is 2.80 bits per heavy atom. The van der Waals surface area contributed by atoms with Gasteiger partial charge in [-0.2, -0.15) is 4.98 Å². The SMILES string of the molecule is CCCOc1cccc(Nc2ccc3c4cnccc4n(C)c3n2)n1. The minimum Gasteiger partial charge on any atom is -0.478 e. The molecule has 4 rings (SSSR count). The number of rotatable bonds is 5. The highest BCUT2D eigenvalue weighted by molar-refractivity contribution is 6.06. The monoisotopic (exact) mass is 333 g/mol. The first-order chi connectivity index (χ1) is 12.3. The minimum atomic E-state index is 0.614. The van der Waals surface area contributed by atoms with E-state index in [1.54, 1.807) is 6.20 Å². The first-order valence-corrected chi connectivity index (χ1v) is 8.32. The first-order valence-electron chi connectivity index (χ1n) is 8.32. The summed E-state index contributed by atoms with van der Waals surface area (Å²) in [5, 5.41) is 5.44. The van der Waals surface area contributed by atoms with Crippen molar-refractivity contribution in [2.75, 3.05) is 11.9 Å². The summed E-state index contributed by atoms with van der Waals surface area (Å²) >= 11 is 0. The summed E-state index contributed by atoms with van der Waals surface area (Å²) in [6.07, 6.45) is 4.63. The molecule has 1 N–H and O–H groups in total. The molecule has 0 saturated carbocycles. The fraction of sp³-hybridized carbons (Fsp3) is 0.211. The van der Waals surface area contributed by atoms with Gasteiger partial charge in [0.15, 0.2) is 0 Å². The summed E-state index contributed by atoms with van der Waals surface area (Å²) < 4.78 is 7.66. The van der Waals surface area contributed by atoms with Crippen LogP contribution in [0.5, 0.6) is 5.88 Å². The van der Waals surface area contributed by atoms with Crippen LogP contribution in [0.1, 0.15) is 13.3 Å². The number of nitrogens with zero attached hydrogens (tertiary/aromatic N) is 4. The maximum atomic E-state index is 5.58. The van der Waals surface area contributed by atoms with Crippen LogP contribution in [0.25, 0.3) is 21.9 Å². The summed E-state index contributed by atoms with van der Waals surface area (Å²) in [4.78, 5) is 13.4. The van der Waals surface area contributed by atoms with Gasteiger partial charge in [0.25, 0.3) is 0 Å². The number of pyridine rings is 3. The highest BCUT2D eigenvalue weighted by Crippen LogP contribution is 2.27. The second-order valence-electron chi connectivity index (χ2n) is 5.85. The zero-order valence-electron chi connectivity index (χ0n) is 14.2. The van der Waals surface area contributed by atoms with Crippen LogP contribution in [0.3, 0.4) is 0 Å². The molecule has 0 fully saturated rings. The van der Waals surface area contributed by atoms with Crippen LogP contribution < -0.4 is 10.1 Å². The molecule has 4 heterocycles. The molecule has 0 bridgehead atoms. The van der Waals surface area contributed by atoms with Crippen LogP contribution in [0, 0.1) is 0 Å². The van der Waals surface area contributed by atoms with E-state index in [2.05, 4.69) is 32.8 Å². The van der Waals surface area contributed by atoms with Gasteiger partial charge in [-0.1, -0.05) is 13.0 Å². The third kappa shape index (κ3) is 2.87. The quantitative estimate of drug-likeness (QED) is 0.597. The average Bonchev–Trinajstić information content (AvgIpc) is 2.93. The Balaban J connectivity index is 1.68. The Labute approximate surface area is 145 Å². The zero-order valence-corrected chi connectivity index (χ0v) is 14.2. The summed E-state index contributed by atoms with van der Waals surface area (Å²) in [5.41, 5.74) is 2.02. The Hall–Kier alpha value is -3.15. The van der Waals surface area contributed by atoms with Gasteiger partial charge in [-0.25, -0.2) is 4.98 Å². The van der Waals surface area contributed by atoms with Gasteiger partial charge in [-0.3, -0.25) is 4.98 Å². The van der Waals surface area contributed by atoms with Crippen LogP contribution in [0.2, 0.25) is 0 Å². The average molecular weight is 333 g/mol. The molecule has 0 aliphatic heterocycles. The number of ether oxygens (including phenoxy) is 1. The molecule has 0 spiro atoms. The molecule has 0 amide bonds. The molecule has 0 aromatic carbocycles. The van der Waals surface area contributed by atoms with E-state index in [9.17, 15) is 0 Å². The summed E-state index contributed by atoms with van der Waals surface area (Å²) in [7, 11) is 2.01. The summed E-state index contributed by atoms with van der Waals surface area (Å²) in [6.45, 7) is 2.73. The molecule has 0 atom stereocenters. The topological polar surface area (TPSA) is 64.9 Å². The zero-order chi connectivity index (χ0) is 17.2. The van der Waals surface area contributed by atoms with Crippen molar-refractivity contribution in [1.82, 2.24) is 19.5 Å². The molecule has 4 aromatic rings. The van der Waals surface area contributed by atoms with Crippen LogP contribution in [0.15, 0.2) is 48.8 Å². The maximum Gasteiger partial charge on any atom is 0.215 e. The van der Waals surface area contributed by atoms with E-state index in [4.69, 9.17) is 9.72 Å². The molecule has 4 aromatic heterocycles. The second-order valence-corrected chi connectivity index (χ2v) is 5.85. The molecule has 0 saturated heterocycles. The lowest BCUT2D eigenvalue weighted by molar-refractivity contribution is 0.306. The lowest BCUT2D eigenvalue weighted by Crippen LogP contribution is -2.01. The van der Waals surface area contributed by atoms with Crippen LogP contribution in [0.4, 0.5) is 11.6 Å². The van der Waals surface area contributed by atoms with E-state index >= 15 is 0 Å². The predicted molar refractivity (Wildman–Crippen MR) is 99.3 cm³/mol. The van der Waals surface area contributed by atoms with Gasteiger partial charge in [0.2, 0.25) is 5.88 Å². The van der Waals surface area contributed by atoms with Crippen LogP contribution >= 0.6 is 0 Å². The molecule has 0 aliphatic carbocycles. The number of nitrogens with one attached hydrogen (secondary N) is 1. The third-order valence-electron chi connectivity index (χ3n) is 4.08. The highest BCUT2D eigenvalue weighted by Gasteiger charge is 2.10. The van der Waals surface area contributed by atoms with Crippen molar-refractivity contribution in [1.29, 1.82) is 0 Å². The molecule has 0 unspecified atom stereocenters. The molecule has 0 radical (unpaired) electrons. The van der Waals surface area contributed by atoms with Gasteiger partial charge in [0, 0.05) is 36.3 Å². The normalized spacial score (nSPS) is 11.1. The van der Waals surface area contributed by atoms with Gasteiger partial charge in [0.1, 0.15) is 17.3 Å². The van der Waals surface area contributed by atoms with Gasteiger partial charge >= 0.3 is 0 Å². The Morgan fingerprint density at radius 1 is 1.04 bits per heavy atom. The number of fused-ring (bicyclic) bond motifs is 3. The molecule has 126 valence electrons. The van der Waals surface area contributed by atoms with Crippen molar-refractivity contribution < 1.29 is 4.74 Å². The van der Waals surface area contributed by atoms with Crippen molar-refractivity contribution in [2.24, 2.45) is 7.05 Å². The van der Waals surface area contributed by atoms with Crippen molar-refractivity contribution in [3.8, 4) is 5.88 Å². The summed E-state index contributed by atoms with van der Waals surface area (Å²) in [6, 6.07) is 11.7. The van der Waals surface area contributed by atoms with Crippen molar-refractivity contribution in [2.45, 2.75) is 13.3 Å². The van der Waals surface area contributed by atoms with E-state index in [1.165, 1.54) is 0 Å². The number of hydrogen-bond donors (Lipinski definition) is 1. The van der Waals surface area contributed by atoms with E-state index < -0.39 is 0 Å². The van der Waals surface area contributed by atoms with Gasteiger partial charge < -0.3 is 14.6 Å². The number of anilines is 2. The number of aromatic nitrogens is 4. The van der Waals surface area contributed by atoms with E-state index in [1.807, 2.05) is 43.6 Å². The van der Waals surface area contributed by atoms with Crippen molar-refractivity contribution in [3.63, 3.8) is 0 Å². The van der Waals surface area contributed by atoms with Gasteiger partial charge in [-0.05, 0) is 30.7 Å². The van der Waals surface area contributed by atoms with Crippen molar-refractivity contribution >= 4 is 33.6 Å². The Morgan fingerprint density at radius 2 is 1.92 bits per heavy atom. The second kappa shape index (κ2) is 6.39. The molecule has 6 nitrogen and oxygen atoms in total. The maximum absolute atomic E-state index is 5.58. The molecule has 25 heavy (non-hydrogen) atoms. The minimum absolute atomic E-state index is 0.614. The lowest BCUT2D eigenvalue weighted by atomic mass is 10.2. The fourth-order valence-corrected chi connectivity index (χ4v) is 2.89. The van der Waals surface area contributed by atoms with Gasteiger partial charge in [-0.15, -0.1) is 0 Å². The predicted octanol–water partition coefficient (Wildman–Crippen LogP) is 4.05. The fourth-order valence-electron chi connectivity index (χ4n) is 2.89. The third-order valence-corrected chi connectivity index (χ3v) is 4.08. The molecular formula is C19H19N5O. The molecular weight excluding hydrogens is 314 g/mol. The van der Waals surface area contributed by atoms with Gasteiger partial charge in [0.05, 0.1) is 12.1 Å². The molecule has 0 aliphatic rings. The summed E-state index contributed by atoms with van der Waals surface area (Å²) in [5.74, 6) is 2.07. The standard InChI is InChI=1S/C19H19N5O/c1-3-11-25-18-6-4-5-16(22-18)21-17-8-7-13-14-12-20-10-9-15(14)24(2)19(13)23-17/h4-10,12H,3,11H2,1-2H3,(H,21,22,23). The smallest absolute Gasteiger partial charge is 0.215 e. The van der Waals surface area contributed by atoms with Crippen LogP contribution in [-0.2, 0) is 7.05 Å². The van der Waals surface area contributed by atoms with Crippen LogP contribution in [-0.4, -0.2) is 26.1 Å². The molecule has 6 heteroatoms. The Bertz CT molecular complexity index is 1040. The Kier molecular flexibility index (Phi) is 3.93. The van der Waals surface area contributed by atoms with Crippen molar-refractivity contribution in [3.05, 3.63) is 48.8 Å². The number of hydrogen-bond acceptors (Lipinski definition) is 5.